The van der Waals surface area contributed by atoms with E-state index in [-0.39, 0.29) is 5.91 Å². The molecule has 112 valence electrons. The molecule has 0 aliphatic rings. The molecule has 2 aromatic rings. The first-order valence-corrected chi connectivity index (χ1v) is 8.91. The van der Waals surface area contributed by atoms with Crippen LogP contribution in [-0.2, 0) is 4.79 Å². The zero-order chi connectivity index (χ0) is 15.2. The van der Waals surface area contributed by atoms with E-state index in [9.17, 15) is 4.79 Å². The fourth-order valence-corrected chi connectivity index (χ4v) is 3.00. The Bertz CT molecular complexity index is 595. The van der Waals surface area contributed by atoms with Gasteiger partial charge in [0.15, 0.2) is 5.13 Å². The summed E-state index contributed by atoms with van der Waals surface area (Å²) in [6.45, 7) is 2.01. The van der Waals surface area contributed by atoms with Gasteiger partial charge in [-0.2, -0.15) is 0 Å². The molecule has 1 unspecified atom stereocenters. The van der Waals surface area contributed by atoms with Crippen molar-refractivity contribution in [2.24, 2.45) is 5.73 Å². The number of carbonyl (C=O) groups is 1. The van der Waals surface area contributed by atoms with Gasteiger partial charge in [-0.05, 0) is 24.8 Å². The van der Waals surface area contributed by atoms with Crippen molar-refractivity contribution in [2.45, 2.75) is 30.7 Å². The number of carbonyl (C=O) groups excluding carboxylic acids is 1. The van der Waals surface area contributed by atoms with Crippen LogP contribution in [0.4, 0.5) is 5.13 Å². The number of amides is 1. The molecule has 6 heteroatoms. The number of rotatable bonds is 6. The maximum atomic E-state index is 11.9. The number of nitrogens with zero attached hydrogens (tertiary/aromatic N) is 1. The smallest absolute Gasteiger partial charge is 0.243 e. The Balaban J connectivity index is 2.05. The summed E-state index contributed by atoms with van der Waals surface area (Å²) < 4.78 is 0. The van der Waals surface area contributed by atoms with Crippen molar-refractivity contribution >= 4 is 34.1 Å². The molecule has 0 spiro atoms. The van der Waals surface area contributed by atoms with Gasteiger partial charge in [-0.25, -0.2) is 4.98 Å². The van der Waals surface area contributed by atoms with E-state index in [1.807, 2.05) is 30.7 Å². The van der Waals surface area contributed by atoms with Crippen molar-refractivity contribution in [1.29, 1.82) is 0 Å². The highest BCUT2D eigenvalue weighted by Crippen LogP contribution is 2.26. The molecule has 0 saturated heterocycles. The van der Waals surface area contributed by atoms with Crippen LogP contribution in [-0.4, -0.2) is 23.2 Å². The number of nitrogens with one attached hydrogen (secondary N) is 1. The summed E-state index contributed by atoms with van der Waals surface area (Å²) in [6, 6.07) is 7.73. The van der Waals surface area contributed by atoms with Gasteiger partial charge in [0.25, 0.3) is 0 Å². The molecular weight excluding hydrogens is 302 g/mol. The minimum absolute atomic E-state index is 0.171. The number of aromatic nitrogens is 1. The first-order valence-electron chi connectivity index (χ1n) is 6.80. The van der Waals surface area contributed by atoms with E-state index >= 15 is 0 Å². The molecular formula is C15H19N3OS2. The van der Waals surface area contributed by atoms with Crippen LogP contribution < -0.4 is 11.1 Å². The lowest BCUT2D eigenvalue weighted by Gasteiger charge is -2.08. The highest BCUT2D eigenvalue weighted by atomic mass is 32.2. The molecule has 0 bridgehead atoms. The Labute approximate surface area is 133 Å². The molecule has 21 heavy (non-hydrogen) atoms. The quantitative estimate of drug-likeness (QED) is 0.798. The molecule has 1 aromatic carbocycles. The normalized spacial score (nSPS) is 12.1. The molecule has 0 saturated carbocycles. The number of anilines is 1. The molecule has 0 aliphatic heterocycles. The predicted octanol–water partition coefficient (Wildman–Crippen LogP) is 3.60. The maximum Gasteiger partial charge on any atom is 0.243 e. The lowest BCUT2D eigenvalue weighted by Crippen LogP contribution is -2.35. The molecule has 1 atom stereocenters. The Morgan fingerprint density at radius 3 is 2.76 bits per heavy atom. The van der Waals surface area contributed by atoms with Gasteiger partial charge in [0.05, 0.1) is 11.7 Å². The van der Waals surface area contributed by atoms with Crippen LogP contribution in [0.2, 0.25) is 0 Å². The summed E-state index contributed by atoms with van der Waals surface area (Å²) in [5.74, 6) is -0.171. The number of nitrogens with two attached hydrogens (primary N) is 1. The minimum atomic E-state index is -0.469. The van der Waals surface area contributed by atoms with Crippen LogP contribution in [0, 0.1) is 0 Å². The number of hydrogen-bond acceptors (Lipinski definition) is 5. The van der Waals surface area contributed by atoms with Crippen molar-refractivity contribution in [1.82, 2.24) is 4.98 Å². The largest absolute Gasteiger partial charge is 0.320 e. The Morgan fingerprint density at radius 1 is 1.43 bits per heavy atom. The van der Waals surface area contributed by atoms with E-state index in [0.29, 0.717) is 11.6 Å². The Morgan fingerprint density at radius 2 is 2.14 bits per heavy atom. The standard InChI is InChI=1S/C15H19N3OS2/c1-3-4-12(16)14(19)18-15-17-13(9-21-15)10-5-7-11(20-2)8-6-10/h5-9,12H,3-4,16H2,1-2H3,(H,17,18,19). The monoisotopic (exact) mass is 321 g/mol. The zero-order valence-corrected chi connectivity index (χ0v) is 13.8. The van der Waals surface area contributed by atoms with Crippen molar-refractivity contribution in [3.05, 3.63) is 29.6 Å². The van der Waals surface area contributed by atoms with Gasteiger partial charge >= 0.3 is 0 Å². The summed E-state index contributed by atoms with van der Waals surface area (Å²) in [7, 11) is 0. The molecule has 2 rings (SSSR count). The van der Waals surface area contributed by atoms with Gasteiger partial charge in [-0.3, -0.25) is 4.79 Å². The average molecular weight is 321 g/mol. The summed E-state index contributed by atoms with van der Waals surface area (Å²) >= 11 is 3.12. The molecule has 1 amide bonds. The predicted molar refractivity (Wildman–Crippen MR) is 90.8 cm³/mol. The first kappa shape index (κ1) is 16.0. The number of benzene rings is 1. The van der Waals surface area contributed by atoms with Crippen LogP contribution in [0.3, 0.4) is 0 Å². The summed E-state index contributed by atoms with van der Waals surface area (Å²) in [5.41, 5.74) is 7.70. The minimum Gasteiger partial charge on any atom is -0.320 e. The van der Waals surface area contributed by atoms with Gasteiger partial charge in [-0.15, -0.1) is 23.1 Å². The SMILES string of the molecule is CCCC(N)C(=O)Nc1nc(-c2ccc(SC)cc2)cs1. The average Bonchev–Trinajstić information content (AvgIpc) is 2.96. The van der Waals surface area contributed by atoms with Crippen LogP contribution in [0.15, 0.2) is 34.5 Å². The lowest BCUT2D eigenvalue weighted by atomic mass is 10.2. The third-order valence-electron chi connectivity index (χ3n) is 3.06. The van der Waals surface area contributed by atoms with Gasteiger partial charge in [0, 0.05) is 15.8 Å². The van der Waals surface area contributed by atoms with Gasteiger partial charge < -0.3 is 11.1 Å². The third-order valence-corrected chi connectivity index (χ3v) is 4.56. The summed E-state index contributed by atoms with van der Waals surface area (Å²) in [4.78, 5) is 17.5. The van der Waals surface area contributed by atoms with Crippen molar-refractivity contribution in [2.75, 3.05) is 11.6 Å². The maximum absolute atomic E-state index is 11.9. The Hall–Kier alpha value is -1.37. The van der Waals surface area contributed by atoms with Crippen LogP contribution in [0.1, 0.15) is 19.8 Å². The number of thiazole rings is 1. The van der Waals surface area contributed by atoms with E-state index in [1.165, 1.54) is 16.2 Å². The highest BCUT2D eigenvalue weighted by molar-refractivity contribution is 7.98. The van der Waals surface area contributed by atoms with Crippen LogP contribution in [0.5, 0.6) is 0 Å². The van der Waals surface area contributed by atoms with Crippen LogP contribution in [0.25, 0.3) is 11.3 Å². The van der Waals surface area contributed by atoms with Crippen molar-refractivity contribution < 1.29 is 4.79 Å². The van der Waals surface area contributed by atoms with Gasteiger partial charge in [-0.1, -0.05) is 25.5 Å². The van der Waals surface area contributed by atoms with E-state index < -0.39 is 6.04 Å². The number of thioether (sulfide) groups is 1. The van der Waals surface area contributed by atoms with Crippen LogP contribution >= 0.6 is 23.1 Å². The van der Waals surface area contributed by atoms with E-state index in [2.05, 4.69) is 22.4 Å². The number of hydrogen-bond donors (Lipinski definition) is 2. The van der Waals surface area contributed by atoms with Gasteiger partial charge in [0.1, 0.15) is 0 Å². The molecule has 0 aliphatic carbocycles. The summed E-state index contributed by atoms with van der Waals surface area (Å²) in [6.07, 6.45) is 3.62. The molecule has 1 aromatic heterocycles. The Kier molecular flexibility index (Phi) is 5.78. The molecule has 3 N–H and O–H groups in total. The second kappa shape index (κ2) is 7.59. The molecule has 1 heterocycles. The second-order valence-electron chi connectivity index (χ2n) is 4.65. The molecule has 0 radical (unpaired) electrons. The topological polar surface area (TPSA) is 68.0 Å². The third kappa shape index (κ3) is 4.30. The van der Waals surface area contributed by atoms with Gasteiger partial charge in [0.2, 0.25) is 5.91 Å². The van der Waals surface area contributed by atoms with E-state index in [0.717, 1.165) is 17.7 Å². The van der Waals surface area contributed by atoms with E-state index in [1.54, 1.807) is 11.8 Å². The molecule has 0 fully saturated rings. The van der Waals surface area contributed by atoms with Crippen molar-refractivity contribution in [3.8, 4) is 11.3 Å². The van der Waals surface area contributed by atoms with Crippen molar-refractivity contribution in [3.63, 3.8) is 0 Å². The lowest BCUT2D eigenvalue weighted by molar-refractivity contribution is -0.117. The summed E-state index contributed by atoms with van der Waals surface area (Å²) in [5, 5.41) is 5.31. The first-order chi connectivity index (χ1) is 10.1. The van der Waals surface area contributed by atoms with E-state index in [4.69, 9.17) is 5.73 Å². The second-order valence-corrected chi connectivity index (χ2v) is 6.39. The fraction of sp³-hybridized carbons (Fsp3) is 0.333. The fourth-order valence-electron chi connectivity index (χ4n) is 1.87. The highest BCUT2D eigenvalue weighted by Gasteiger charge is 2.14. The molecule has 4 nitrogen and oxygen atoms in total. The zero-order valence-electron chi connectivity index (χ0n) is 12.1.